The van der Waals surface area contributed by atoms with Crippen LogP contribution in [0.4, 0.5) is 8.78 Å². The van der Waals surface area contributed by atoms with Gasteiger partial charge in [-0.05, 0) is 6.07 Å². The second kappa shape index (κ2) is 5.69. The summed E-state index contributed by atoms with van der Waals surface area (Å²) >= 11 is 1.13. The van der Waals surface area contributed by atoms with Crippen LogP contribution in [0, 0.1) is 11.6 Å². The number of carbonyl (C=O) groups is 2. The molecule has 0 saturated carbocycles. The number of thioether (sulfide) groups is 1. The predicted octanol–water partition coefficient (Wildman–Crippen LogP) is 2.35. The molecule has 1 fully saturated rings. The van der Waals surface area contributed by atoms with Gasteiger partial charge in [-0.15, -0.1) is 0 Å². The maximum Gasteiger partial charge on any atom is 0.224 e. The maximum atomic E-state index is 13.5. The van der Waals surface area contributed by atoms with Gasteiger partial charge in [0.15, 0.2) is 5.12 Å². The van der Waals surface area contributed by atoms with Crippen molar-refractivity contribution in [3.05, 3.63) is 35.4 Å². The molecule has 1 saturated heterocycles. The summed E-state index contributed by atoms with van der Waals surface area (Å²) in [6, 6.07) is 3.31. The number of nitrogens with zero attached hydrogens (tertiary/aromatic N) is 1. The van der Waals surface area contributed by atoms with Gasteiger partial charge in [0, 0.05) is 43.3 Å². The fraction of sp³-hybridized carbons (Fsp3) is 0.385. The smallest absolute Gasteiger partial charge is 0.224 e. The van der Waals surface area contributed by atoms with Crippen LogP contribution in [-0.4, -0.2) is 27.7 Å². The predicted molar refractivity (Wildman–Crippen MR) is 68.5 cm³/mol. The Hall–Kier alpha value is -1.43. The Morgan fingerprint density at radius 3 is 2.84 bits per heavy atom. The fourth-order valence-electron chi connectivity index (χ4n) is 2.06. The minimum Gasteiger partial charge on any atom is -0.337 e. The summed E-state index contributed by atoms with van der Waals surface area (Å²) in [5, 5.41) is -0.110. The van der Waals surface area contributed by atoms with E-state index in [4.69, 9.17) is 0 Å². The van der Waals surface area contributed by atoms with Crippen LogP contribution < -0.4 is 0 Å². The number of halogens is 2. The number of rotatable bonds is 3. The molecule has 1 heterocycles. The summed E-state index contributed by atoms with van der Waals surface area (Å²) in [6.07, 6.45) is 0.285. The van der Waals surface area contributed by atoms with E-state index in [-0.39, 0.29) is 34.8 Å². The van der Waals surface area contributed by atoms with E-state index in [0.29, 0.717) is 6.54 Å². The molecule has 1 unspecified atom stereocenters. The highest BCUT2D eigenvalue weighted by Crippen LogP contribution is 2.26. The minimum absolute atomic E-state index is 0.0346. The van der Waals surface area contributed by atoms with Gasteiger partial charge in [-0.2, -0.15) is 0 Å². The lowest BCUT2D eigenvalue weighted by atomic mass is 10.2. The van der Waals surface area contributed by atoms with Gasteiger partial charge in [-0.1, -0.05) is 17.8 Å². The maximum absolute atomic E-state index is 13.5. The number of amides is 1. The van der Waals surface area contributed by atoms with Crippen molar-refractivity contribution in [2.45, 2.75) is 25.1 Å². The molecule has 6 heteroatoms. The van der Waals surface area contributed by atoms with Crippen molar-refractivity contribution in [3.63, 3.8) is 0 Å². The van der Waals surface area contributed by atoms with E-state index in [1.165, 1.54) is 24.0 Å². The highest BCUT2D eigenvalue weighted by atomic mass is 32.2. The zero-order chi connectivity index (χ0) is 14.0. The average molecular weight is 285 g/mol. The van der Waals surface area contributed by atoms with Crippen LogP contribution in [0.25, 0.3) is 0 Å². The molecular formula is C13H13F2NO2S. The van der Waals surface area contributed by atoms with Gasteiger partial charge in [0.05, 0.1) is 0 Å². The third kappa shape index (κ3) is 3.53. The summed E-state index contributed by atoms with van der Waals surface area (Å²) in [5.74, 6) is -1.41. The third-order valence-electron chi connectivity index (χ3n) is 2.89. The van der Waals surface area contributed by atoms with Crippen LogP contribution >= 0.6 is 11.8 Å². The third-order valence-corrected chi connectivity index (χ3v) is 3.87. The Labute approximate surface area is 114 Å². The van der Waals surface area contributed by atoms with E-state index in [2.05, 4.69) is 0 Å². The van der Waals surface area contributed by atoms with E-state index in [0.717, 1.165) is 17.8 Å². The van der Waals surface area contributed by atoms with Crippen LogP contribution in [0.3, 0.4) is 0 Å². The normalized spacial score (nSPS) is 19.0. The molecule has 1 amide bonds. The molecule has 0 aromatic heterocycles. The molecule has 1 aliphatic heterocycles. The molecule has 1 aromatic rings. The Kier molecular flexibility index (Phi) is 4.19. The Bertz CT molecular complexity index is 521. The van der Waals surface area contributed by atoms with Crippen LogP contribution in [0.1, 0.15) is 18.9 Å². The van der Waals surface area contributed by atoms with E-state index in [9.17, 15) is 18.4 Å². The molecule has 0 aliphatic carbocycles. The summed E-state index contributed by atoms with van der Waals surface area (Å²) in [7, 11) is 0. The van der Waals surface area contributed by atoms with Crippen molar-refractivity contribution in [2.24, 2.45) is 0 Å². The Balaban J connectivity index is 2.03. The van der Waals surface area contributed by atoms with Crippen LogP contribution in [0.15, 0.2) is 18.2 Å². The number of benzene rings is 1. The zero-order valence-electron chi connectivity index (χ0n) is 10.4. The lowest BCUT2D eigenvalue weighted by Gasteiger charge is -2.16. The zero-order valence-corrected chi connectivity index (χ0v) is 11.2. The van der Waals surface area contributed by atoms with Crippen LogP contribution in [0.5, 0.6) is 0 Å². The van der Waals surface area contributed by atoms with Crippen molar-refractivity contribution >= 4 is 22.8 Å². The van der Waals surface area contributed by atoms with Crippen molar-refractivity contribution in [2.75, 3.05) is 6.54 Å². The molecule has 0 spiro atoms. The summed E-state index contributed by atoms with van der Waals surface area (Å²) in [4.78, 5) is 24.2. The van der Waals surface area contributed by atoms with Gasteiger partial charge in [0.25, 0.3) is 0 Å². The number of hydrogen-bond donors (Lipinski definition) is 0. The molecule has 3 nitrogen and oxygen atoms in total. The number of likely N-dealkylation sites (tertiary alicyclic amines) is 1. The van der Waals surface area contributed by atoms with Gasteiger partial charge >= 0.3 is 0 Å². The summed E-state index contributed by atoms with van der Waals surface area (Å²) in [6.45, 7) is 1.98. The van der Waals surface area contributed by atoms with Crippen molar-refractivity contribution < 1.29 is 18.4 Å². The quantitative estimate of drug-likeness (QED) is 0.855. The van der Waals surface area contributed by atoms with Crippen LogP contribution in [0.2, 0.25) is 0 Å². The first-order valence-corrected chi connectivity index (χ1v) is 6.72. The lowest BCUT2D eigenvalue weighted by molar-refractivity contribution is -0.128. The number of hydrogen-bond acceptors (Lipinski definition) is 3. The van der Waals surface area contributed by atoms with Gasteiger partial charge in [0.2, 0.25) is 5.91 Å². The second-order valence-corrected chi connectivity index (χ2v) is 5.92. The number of carbonyl (C=O) groups excluding carboxylic acids is 2. The van der Waals surface area contributed by atoms with E-state index < -0.39 is 11.6 Å². The molecule has 102 valence electrons. The molecule has 0 radical (unpaired) electrons. The van der Waals surface area contributed by atoms with Crippen LogP contribution in [-0.2, 0) is 16.1 Å². The Morgan fingerprint density at radius 1 is 1.47 bits per heavy atom. The highest BCUT2D eigenvalue weighted by Gasteiger charge is 2.31. The summed E-state index contributed by atoms with van der Waals surface area (Å²) in [5.41, 5.74) is 0.281. The van der Waals surface area contributed by atoms with Crippen molar-refractivity contribution in [1.82, 2.24) is 4.90 Å². The monoisotopic (exact) mass is 285 g/mol. The average Bonchev–Trinajstić information content (AvgIpc) is 2.62. The first-order valence-electron chi connectivity index (χ1n) is 5.84. The lowest BCUT2D eigenvalue weighted by Crippen LogP contribution is -2.25. The molecule has 0 bridgehead atoms. The van der Waals surface area contributed by atoms with E-state index in [1.54, 1.807) is 0 Å². The minimum atomic E-state index is -0.657. The van der Waals surface area contributed by atoms with Gasteiger partial charge < -0.3 is 4.90 Å². The molecule has 1 aromatic carbocycles. The highest BCUT2D eigenvalue weighted by molar-refractivity contribution is 8.14. The standard InChI is InChI=1S/C13H13F2NO2S/c1-8(17)19-11-5-13(18)16(7-11)6-9-2-3-10(14)4-12(9)15/h2-4,11H,5-7H2,1H3. The fourth-order valence-corrected chi connectivity index (χ4v) is 3.01. The molecular weight excluding hydrogens is 272 g/mol. The largest absolute Gasteiger partial charge is 0.337 e. The topological polar surface area (TPSA) is 37.4 Å². The summed E-state index contributed by atoms with van der Waals surface area (Å²) < 4.78 is 26.3. The molecule has 19 heavy (non-hydrogen) atoms. The molecule has 0 N–H and O–H groups in total. The molecule has 1 atom stereocenters. The first kappa shape index (κ1) is 14.0. The van der Waals surface area contributed by atoms with E-state index in [1.807, 2.05) is 0 Å². The second-order valence-electron chi connectivity index (χ2n) is 4.45. The van der Waals surface area contributed by atoms with Gasteiger partial charge in [0.1, 0.15) is 11.6 Å². The SMILES string of the molecule is CC(=O)SC1CC(=O)N(Cc2ccc(F)cc2F)C1. The van der Waals surface area contributed by atoms with Crippen molar-refractivity contribution in [1.29, 1.82) is 0 Å². The van der Waals surface area contributed by atoms with Gasteiger partial charge in [-0.3, -0.25) is 9.59 Å². The van der Waals surface area contributed by atoms with E-state index >= 15 is 0 Å². The first-order chi connectivity index (χ1) is 8.95. The Morgan fingerprint density at radius 2 is 2.21 bits per heavy atom. The van der Waals surface area contributed by atoms with Crippen molar-refractivity contribution in [3.8, 4) is 0 Å². The van der Waals surface area contributed by atoms with Gasteiger partial charge in [-0.25, -0.2) is 8.78 Å². The molecule has 1 aliphatic rings. The molecule has 2 rings (SSSR count).